The van der Waals surface area contributed by atoms with Gasteiger partial charge in [0.2, 0.25) is 0 Å². The lowest BCUT2D eigenvalue weighted by Crippen LogP contribution is -2.37. The summed E-state index contributed by atoms with van der Waals surface area (Å²) in [6, 6.07) is 113. The molecule has 13 aromatic rings. The van der Waals surface area contributed by atoms with Gasteiger partial charge in [-0.15, -0.1) is 0 Å². The van der Waals surface area contributed by atoms with Gasteiger partial charge >= 0.3 is 0 Å². The minimum atomic E-state index is -0.569. The highest BCUT2D eigenvalue weighted by atomic mass is 15.2. The lowest BCUT2D eigenvalue weighted by Gasteiger charge is -2.46. The molecular formula is C73H51N3. The zero-order valence-corrected chi connectivity index (χ0v) is 41.8. The lowest BCUT2D eigenvalue weighted by atomic mass is 9.62. The largest absolute Gasteiger partial charge is 0.310 e. The van der Waals surface area contributed by atoms with Crippen LogP contribution < -0.4 is 9.80 Å². The van der Waals surface area contributed by atoms with E-state index in [4.69, 9.17) is 0 Å². The average molecular weight is 970 g/mol. The minimum Gasteiger partial charge on any atom is -0.310 e. The van der Waals surface area contributed by atoms with Crippen molar-refractivity contribution in [3.05, 3.63) is 332 Å². The maximum absolute atomic E-state index is 2.46. The molecule has 14 rings (SSSR count). The number of fused-ring (bicyclic) bond motifs is 5. The standard InChI is InChI=1S/C73H51N3/c1-6-21-52(22-7-1)53-37-43-62(44-38-53)74(64-32-20-23-55(49-64)56-42-48-70-66(50-56)65-33-16-18-35-69(65)75(70)60-28-12-4-13-29-60)63-45-39-54(40-46-63)57-41-47-68-72(51-57)76(61-30-14-5-15-31-61)71-36-19-17-34-67(71)73(68,58-24-8-2-9-25-58)59-26-10-3-11-27-59/h1-51H. The number of hydrogen-bond acceptors (Lipinski definition) is 2. The Kier molecular flexibility index (Phi) is 11.1. The summed E-state index contributed by atoms with van der Waals surface area (Å²) in [5.41, 5.74) is 21.6. The fourth-order valence-corrected chi connectivity index (χ4v) is 12.0. The van der Waals surface area contributed by atoms with Crippen LogP contribution in [0.25, 0.3) is 60.9 Å². The van der Waals surface area contributed by atoms with Crippen molar-refractivity contribution in [2.75, 3.05) is 9.80 Å². The van der Waals surface area contributed by atoms with Crippen LogP contribution in [-0.2, 0) is 5.41 Å². The summed E-state index contributed by atoms with van der Waals surface area (Å²) >= 11 is 0. The SMILES string of the molecule is c1ccc(-c2ccc(N(c3ccc(-c4ccc5c(c4)N(c4ccccc4)c4ccccc4C5(c4ccccc4)c4ccccc4)cc3)c3cccc(-c4ccc5c(c4)c4ccccc4n5-c4ccccc4)c3)cc2)cc1. The molecule has 0 aliphatic carbocycles. The van der Waals surface area contributed by atoms with Crippen LogP contribution in [-0.4, -0.2) is 4.57 Å². The summed E-state index contributed by atoms with van der Waals surface area (Å²) in [6.07, 6.45) is 0. The Morgan fingerprint density at radius 2 is 0.724 bits per heavy atom. The summed E-state index contributed by atoms with van der Waals surface area (Å²) in [5.74, 6) is 0. The molecule has 12 aromatic carbocycles. The summed E-state index contributed by atoms with van der Waals surface area (Å²) < 4.78 is 2.38. The van der Waals surface area contributed by atoms with E-state index in [1.165, 1.54) is 60.8 Å². The molecule has 1 aromatic heterocycles. The van der Waals surface area contributed by atoms with Crippen LogP contribution in [0.1, 0.15) is 22.3 Å². The monoisotopic (exact) mass is 969 g/mol. The topological polar surface area (TPSA) is 11.4 Å². The van der Waals surface area contributed by atoms with Crippen LogP contribution in [0, 0.1) is 0 Å². The zero-order valence-electron chi connectivity index (χ0n) is 41.8. The number of anilines is 6. The van der Waals surface area contributed by atoms with Crippen molar-refractivity contribution in [2.24, 2.45) is 0 Å². The molecule has 76 heavy (non-hydrogen) atoms. The maximum Gasteiger partial charge on any atom is 0.0742 e. The van der Waals surface area contributed by atoms with E-state index in [-0.39, 0.29) is 0 Å². The van der Waals surface area contributed by atoms with Crippen molar-refractivity contribution >= 4 is 55.9 Å². The summed E-state index contributed by atoms with van der Waals surface area (Å²) in [7, 11) is 0. The number of hydrogen-bond donors (Lipinski definition) is 0. The second-order valence-electron chi connectivity index (χ2n) is 19.7. The van der Waals surface area contributed by atoms with Crippen molar-refractivity contribution < 1.29 is 0 Å². The van der Waals surface area contributed by atoms with Gasteiger partial charge in [-0.2, -0.15) is 0 Å². The summed E-state index contributed by atoms with van der Waals surface area (Å²) in [4.78, 5) is 4.84. The molecule has 2 heterocycles. The molecule has 1 aliphatic heterocycles. The fraction of sp³-hybridized carbons (Fsp3) is 0.0137. The van der Waals surface area contributed by atoms with Crippen LogP contribution >= 0.6 is 0 Å². The molecule has 0 saturated carbocycles. The van der Waals surface area contributed by atoms with Gasteiger partial charge in [0, 0.05) is 39.2 Å². The molecule has 3 heteroatoms. The highest BCUT2D eigenvalue weighted by Gasteiger charge is 2.46. The van der Waals surface area contributed by atoms with Crippen LogP contribution in [0.5, 0.6) is 0 Å². The van der Waals surface area contributed by atoms with Crippen molar-refractivity contribution in [3.63, 3.8) is 0 Å². The van der Waals surface area contributed by atoms with Gasteiger partial charge in [-0.25, -0.2) is 0 Å². The molecule has 0 unspecified atom stereocenters. The molecule has 0 amide bonds. The van der Waals surface area contributed by atoms with Gasteiger partial charge < -0.3 is 14.4 Å². The molecular weight excluding hydrogens is 919 g/mol. The minimum absolute atomic E-state index is 0.569. The molecule has 1 aliphatic rings. The van der Waals surface area contributed by atoms with Gasteiger partial charge in [-0.1, -0.05) is 218 Å². The molecule has 3 nitrogen and oxygen atoms in total. The molecule has 0 spiro atoms. The van der Waals surface area contributed by atoms with E-state index in [1.54, 1.807) is 0 Å². The number of benzene rings is 12. The van der Waals surface area contributed by atoms with Crippen molar-refractivity contribution in [1.82, 2.24) is 4.57 Å². The van der Waals surface area contributed by atoms with Crippen LogP contribution in [0.2, 0.25) is 0 Å². The van der Waals surface area contributed by atoms with E-state index >= 15 is 0 Å². The first-order chi connectivity index (χ1) is 37.7. The van der Waals surface area contributed by atoms with E-state index in [1.807, 2.05) is 0 Å². The predicted octanol–water partition coefficient (Wildman–Crippen LogP) is 19.4. The number of rotatable bonds is 10. The van der Waals surface area contributed by atoms with Gasteiger partial charge in [-0.05, 0) is 147 Å². The third-order valence-electron chi connectivity index (χ3n) is 15.4. The fourth-order valence-electron chi connectivity index (χ4n) is 12.0. The Balaban J connectivity index is 0.894. The highest BCUT2D eigenvalue weighted by Crippen LogP contribution is 2.58. The Morgan fingerprint density at radius 1 is 0.263 bits per heavy atom. The molecule has 0 bridgehead atoms. The van der Waals surface area contributed by atoms with E-state index in [2.05, 4.69) is 324 Å². The predicted molar refractivity (Wildman–Crippen MR) is 318 cm³/mol. The normalized spacial score (nSPS) is 12.6. The van der Waals surface area contributed by atoms with Gasteiger partial charge in [0.15, 0.2) is 0 Å². The molecule has 0 N–H and O–H groups in total. The summed E-state index contributed by atoms with van der Waals surface area (Å²) in [5, 5.41) is 2.47. The molecule has 0 saturated heterocycles. The van der Waals surface area contributed by atoms with Crippen LogP contribution in [0.15, 0.2) is 309 Å². The number of para-hydroxylation sites is 4. The number of nitrogens with zero attached hydrogens (tertiary/aromatic N) is 3. The second kappa shape index (κ2) is 18.8. The Bertz CT molecular complexity index is 4150. The third kappa shape index (κ3) is 7.51. The zero-order chi connectivity index (χ0) is 50.4. The summed E-state index contributed by atoms with van der Waals surface area (Å²) in [6.45, 7) is 0. The first kappa shape index (κ1) is 44.7. The Morgan fingerprint density at radius 3 is 1.39 bits per heavy atom. The van der Waals surface area contributed by atoms with Crippen molar-refractivity contribution in [1.29, 1.82) is 0 Å². The van der Waals surface area contributed by atoms with Gasteiger partial charge in [0.25, 0.3) is 0 Å². The first-order valence-electron chi connectivity index (χ1n) is 26.2. The first-order valence-corrected chi connectivity index (χ1v) is 26.2. The highest BCUT2D eigenvalue weighted by molar-refractivity contribution is 6.10. The van der Waals surface area contributed by atoms with Crippen LogP contribution in [0.3, 0.4) is 0 Å². The van der Waals surface area contributed by atoms with Crippen LogP contribution in [0.4, 0.5) is 34.1 Å². The average Bonchev–Trinajstić information content (AvgIpc) is 3.89. The van der Waals surface area contributed by atoms with Crippen molar-refractivity contribution in [3.8, 4) is 39.1 Å². The molecule has 358 valence electrons. The Labute approximate surface area is 444 Å². The van der Waals surface area contributed by atoms with E-state index < -0.39 is 5.41 Å². The Hall–Kier alpha value is -9.96. The second-order valence-corrected chi connectivity index (χ2v) is 19.7. The smallest absolute Gasteiger partial charge is 0.0742 e. The van der Waals surface area contributed by atoms with Gasteiger partial charge in [0.05, 0.1) is 27.8 Å². The van der Waals surface area contributed by atoms with Crippen molar-refractivity contribution in [2.45, 2.75) is 5.41 Å². The molecule has 0 atom stereocenters. The van der Waals surface area contributed by atoms with Gasteiger partial charge in [0.1, 0.15) is 0 Å². The quantitative estimate of drug-likeness (QED) is 0.135. The molecule has 0 radical (unpaired) electrons. The van der Waals surface area contributed by atoms with E-state index in [0.717, 1.165) is 56.5 Å². The maximum atomic E-state index is 2.46. The van der Waals surface area contributed by atoms with E-state index in [9.17, 15) is 0 Å². The third-order valence-corrected chi connectivity index (χ3v) is 15.4. The van der Waals surface area contributed by atoms with E-state index in [0.29, 0.717) is 0 Å². The lowest BCUT2D eigenvalue weighted by molar-refractivity contribution is 0.731. The molecule has 0 fully saturated rings. The van der Waals surface area contributed by atoms with Gasteiger partial charge in [-0.3, -0.25) is 0 Å². The number of aromatic nitrogens is 1.